The van der Waals surface area contributed by atoms with Crippen molar-refractivity contribution in [2.45, 2.75) is 77.3 Å². The number of hydrogen-bond acceptors (Lipinski definition) is 4. The van der Waals surface area contributed by atoms with Crippen molar-refractivity contribution in [3.8, 4) is 0 Å². The highest BCUT2D eigenvalue weighted by Gasteiger charge is 2.23. The lowest BCUT2D eigenvalue weighted by Gasteiger charge is -2.25. The van der Waals surface area contributed by atoms with Gasteiger partial charge in [-0.15, -0.1) is 0 Å². The summed E-state index contributed by atoms with van der Waals surface area (Å²) < 4.78 is 0. The molecule has 0 bridgehead atoms. The number of aliphatic imine (C=N–C) groups is 2. The molecule has 4 heteroatoms. The van der Waals surface area contributed by atoms with Crippen molar-refractivity contribution in [3.63, 3.8) is 0 Å². The Bertz CT molecular complexity index is 1310. The van der Waals surface area contributed by atoms with Crippen LogP contribution >= 0.6 is 0 Å². The second-order valence-corrected chi connectivity index (χ2v) is 10.6. The highest BCUT2D eigenvalue weighted by atomic mass is 14.9. The average molecular weight is 477 g/mol. The van der Waals surface area contributed by atoms with E-state index in [1.807, 2.05) is 12.4 Å². The van der Waals surface area contributed by atoms with E-state index in [0.717, 1.165) is 35.3 Å². The van der Waals surface area contributed by atoms with Crippen LogP contribution in [0.25, 0.3) is 21.8 Å². The lowest BCUT2D eigenvalue weighted by Crippen LogP contribution is -2.27. The van der Waals surface area contributed by atoms with Gasteiger partial charge in [0, 0.05) is 23.2 Å². The van der Waals surface area contributed by atoms with Gasteiger partial charge in [0.05, 0.1) is 34.5 Å². The first-order valence-corrected chi connectivity index (χ1v) is 13.4. The number of hydrogen-bond donors (Lipinski definition) is 0. The van der Waals surface area contributed by atoms with Gasteiger partial charge in [0.2, 0.25) is 0 Å². The molecule has 2 aromatic carbocycles. The normalized spacial score (nSPS) is 18.9. The fourth-order valence-electron chi connectivity index (χ4n) is 5.23. The van der Waals surface area contributed by atoms with Gasteiger partial charge in [0.15, 0.2) is 0 Å². The number of pyridine rings is 2. The summed E-state index contributed by atoms with van der Waals surface area (Å²) in [5, 5.41) is 2.36. The molecule has 0 unspecified atom stereocenters. The van der Waals surface area contributed by atoms with Crippen LogP contribution in [0.1, 0.15) is 87.7 Å². The van der Waals surface area contributed by atoms with Gasteiger partial charge in [0.1, 0.15) is 0 Å². The standard InChI is InChI=1S/C32H36N4/c1-21(2)27-11-7-9-23-15-17-25(35-31(23)27)19-33-29-13-5-6-14-30(29)34-20-26-18-16-24-10-8-12-28(22(3)4)32(24)36-26/h7-12,15-22,29-30H,5-6,13-14H2,1-4H3/t29-,30-/m1/s1. The number of fused-ring (bicyclic) bond motifs is 2. The fourth-order valence-corrected chi connectivity index (χ4v) is 5.23. The topological polar surface area (TPSA) is 50.5 Å². The second kappa shape index (κ2) is 10.7. The first-order valence-electron chi connectivity index (χ1n) is 13.4. The van der Waals surface area contributed by atoms with Crippen LogP contribution in [-0.2, 0) is 0 Å². The van der Waals surface area contributed by atoms with Gasteiger partial charge in [-0.1, -0.05) is 89.1 Å². The van der Waals surface area contributed by atoms with E-state index in [0.29, 0.717) is 11.8 Å². The van der Waals surface area contributed by atoms with Gasteiger partial charge in [-0.3, -0.25) is 9.98 Å². The Morgan fingerprint density at radius 2 is 1.08 bits per heavy atom. The predicted octanol–water partition coefficient (Wildman–Crippen LogP) is 7.88. The summed E-state index contributed by atoms with van der Waals surface area (Å²) in [5.41, 5.74) is 6.57. The summed E-state index contributed by atoms with van der Waals surface area (Å²) in [4.78, 5) is 19.9. The molecule has 2 atom stereocenters. The number of aromatic nitrogens is 2. The van der Waals surface area contributed by atoms with Crippen LogP contribution in [0.5, 0.6) is 0 Å². The van der Waals surface area contributed by atoms with E-state index in [2.05, 4.69) is 88.4 Å². The summed E-state index contributed by atoms with van der Waals surface area (Å²) in [6, 6.07) is 21.7. The van der Waals surface area contributed by atoms with E-state index in [4.69, 9.17) is 20.0 Å². The zero-order valence-corrected chi connectivity index (χ0v) is 21.9. The maximum atomic E-state index is 4.99. The summed E-state index contributed by atoms with van der Waals surface area (Å²) in [7, 11) is 0. The van der Waals surface area contributed by atoms with E-state index in [-0.39, 0.29) is 12.1 Å². The van der Waals surface area contributed by atoms with E-state index in [1.54, 1.807) is 0 Å². The number of benzene rings is 2. The third kappa shape index (κ3) is 5.23. The Morgan fingerprint density at radius 3 is 1.50 bits per heavy atom. The molecule has 1 fully saturated rings. The van der Waals surface area contributed by atoms with Crippen LogP contribution in [0.2, 0.25) is 0 Å². The minimum Gasteiger partial charge on any atom is -0.285 e. The maximum Gasteiger partial charge on any atom is 0.0815 e. The Balaban J connectivity index is 1.37. The Labute approximate surface area is 214 Å². The van der Waals surface area contributed by atoms with Crippen molar-refractivity contribution < 1.29 is 0 Å². The molecule has 5 rings (SSSR count). The van der Waals surface area contributed by atoms with Gasteiger partial charge in [-0.2, -0.15) is 0 Å². The predicted molar refractivity (Wildman–Crippen MR) is 153 cm³/mol. The zero-order valence-electron chi connectivity index (χ0n) is 21.9. The molecule has 0 radical (unpaired) electrons. The minimum atomic E-state index is 0.180. The van der Waals surface area contributed by atoms with Gasteiger partial charge in [0.25, 0.3) is 0 Å². The van der Waals surface area contributed by atoms with Crippen LogP contribution in [0.15, 0.2) is 70.6 Å². The molecule has 4 aromatic rings. The van der Waals surface area contributed by atoms with Gasteiger partial charge < -0.3 is 0 Å². The summed E-state index contributed by atoms with van der Waals surface area (Å²) in [6.07, 6.45) is 8.43. The molecule has 1 aliphatic rings. The van der Waals surface area contributed by atoms with E-state index in [9.17, 15) is 0 Å². The summed E-state index contributed by atoms with van der Waals surface area (Å²) in [6.45, 7) is 8.87. The van der Waals surface area contributed by atoms with E-state index >= 15 is 0 Å². The van der Waals surface area contributed by atoms with Crippen LogP contribution in [0, 0.1) is 0 Å². The van der Waals surface area contributed by atoms with Gasteiger partial charge >= 0.3 is 0 Å². The molecule has 1 aliphatic carbocycles. The van der Waals surface area contributed by atoms with Crippen molar-refractivity contribution >= 4 is 34.2 Å². The van der Waals surface area contributed by atoms with Crippen molar-refractivity contribution in [3.05, 3.63) is 83.2 Å². The average Bonchev–Trinajstić information content (AvgIpc) is 2.90. The molecular weight excluding hydrogens is 440 g/mol. The first-order chi connectivity index (χ1) is 17.5. The molecule has 184 valence electrons. The number of rotatable bonds is 6. The Morgan fingerprint density at radius 1 is 0.639 bits per heavy atom. The van der Waals surface area contributed by atoms with Gasteiger partial charge in [-0.05, 0) is 47.9 Å². The molecular formula is C32H36N4. The lowest BCUT2D eigenvalue weighted by atomic mass is 9.91. The molecule has 2 aromatic heterocycles. The van der Waals surface area contributed by atoms with Crippen molar-refractivity contribution in [2.24, 2.45) is 9.98 Å². The third-order valence-corrected chi connectivity index (χ3v) is 7.28. The molecule has 0 N–H and O–H groups in total. The molecule has 2 heterocycles. The molecule has 1 saturated carbocycles. The molecule has 0 amide bonds. The highest BCUT2D eigenvalue weighted by Crippen LogP contribution is 2.27. The van der Waals surface area contributed by atoms with Crippen LogP contribution in [0.4, 0.5) is 0 Å². The monoisotopic (exact) mass is 476 g/mol. The zero-order chi connectivity index (χ0) is 25.1. The first kappa shape index (κ1) is 24.3. The Hall–Kier alpha value is -3.40. The van der Waals surface area contributed by atoms with E-state index in [1.165, 1.54) is 34.7 Å². The molecule has 0 saturated heterocycles. The molecule has 36 heavy (non-hydrogen) atoms. The fraction of sp³-hybridized carbons (Fsp3) is 0.375. The second-order valence-electron chi connectivity index (χ2n) is 10.6. The molecule has 0 spiro atoms. The highest BCUT2D eigenvalue weighted by molar-refractivity contribution is 5.88. The lowest BCUT2D eigenvalue weighted by molar-refractivity contribution is 0.390. The van der Waals surface area contributed by atoms with Crippen LogP contribution in [-0.4, -0.2) is 34.5 Å². The minimum absolute atomic E-state index is 0.180. The number of para-hydroxylation sites is 2. The Kier molecular flexibility index (Phi) is 7.22. The summed E-state index contributed by atoms with van der Waals surface area (Å²) >= 11 is 0. The third-order valence-electron chi connectivity index (χ3n) is 7.28. The molecule has 0 aliphatic heterocycles. The van der Waals surface area contributed by atoms with Crippen LogP contribution < -0.4 is 0 Å². The smallest absolute Gasteiger partial charge is 0.0815 e. The van der Waals surface area contributed by atoms with Crippen molar-refractivity contribution in [2.75, 3.05) is 0 Å². The van der Waals surface area contributed by atoms with Crippen LogP contribution in [0.3, 0.4) is 0 Å². The maximum absolute atomic E-state index is 4.99. The van der Waals surface area contributed by atoms with Crippen molar-refractivity contribution in [1.82, 2.24) is 9.97 Å². The number of nitrogens with zero attached hydrogens (tertiary/aromatic N) is 4. The molecule has 4 nitrogen and oxygen atoms in total. The summed E-state index contributed by atoms with van der Waals surface area (Å²) in [5.74, 6) is 0.872. The van der Waals surface area contributed by atoms with Gasteiger partial charge in [-0.25, -0.2) is 9.97 Å². The van der Waals surface area contributed by atoms with Crippen molar-refractivity contribution in [1.29, 1.82) is 0 Å². The van der Waals surface area contributed by atoms with E-state index < -0.39 is 0 Å². The quantitative estimate of drug-likeness (QED) is 0.266. The SMILES string of the molecule is CC(C)c1cccc2ccc(C=N[C@@H]3CCCC[C@H]3N=Cc3ccc4cccc(C(C)C)c4n3)nc12. The largest absolute Gasteiger partial charge is 0.285 e.